The molecule has 0 saturated heterocycles. The SMILES string of the molecule is CC(CN)c1ccc(S(C)(=O)=O)c(Br)c1. The minimum absolute atomic E-state index is 0.231. The van der Waals surface area contributed by atoms with E-state index >= 15 is 0 Å². The Morgan fingerprint density at radius 2 is 2.07 bits per heavy atom. The summed E-state index contributed by atoms with van der Waals surface area (Å²) < 4.78 is 23.3. The van der Waals surface area contributed by atoms with Gasteiger partial charge in [-0.05, 0) is 46.1 Å². The minimum Gasteiger partial charge on any atom is -0.330 e. The minimum atomic E-state index is -3.16. The third-order valence-corrected chi connectivity index (χ3v) is 4.35. The molecule has 0 bridgehead atoms. The summed E-state index contributed by atoms with van der Waals surface area (Å²) in [6, 6.07) is 5.23. The lowest BCUT2D eigenvalue weighted by Gasteiger charge is -2.10. The van der Waals surface area contributed by atoms with Crippen LogP contribution in [0.4, 0.5) is 0 Å². The molecule has 15 heavy (non-hydrogen) atoms. The first-order chi connectivity index (χ1) is 6.86. The molecule has 0 aliphatic rings. The molecule has 0 aromatic heterocycles. The van der Waals surface area contributed by atoms with Gasteiger partial charge < -0.3 is 5.73 Å². The van der Waals surface area contributed by atoms with Gasteiger partial charge in [0.15, 0.2) is 9.84 Å². The van der Waals surface area contributed by atoms with Crippen LogP contribution in [0.3, 0.4) is 0 Å². The van der Waals surface area contributed by atoms with Crippen LogP contribution in [0.25, 0.3) is 0 Å². The Balaban J connectivity index is 3.21. The third kappa shape index (κ3) is 3.03. The Morgan fingerprint density at radius 1 is 1.47 bits per heavy atom. The van der Waals surface area contributed by atoms with E-state index in [2.05, 4.69) is 15.9 Å². The number of sulfone groups is 1. The fourth-order valence-corrected chi connectivity index (χ4v) is 3.27. The number of halogens is 1. The maximum atomic E-state index is 11.3. The summed E-state index contributed by atoms with van der Waals surface area (Å²) >= 11 is 3.26. The van der Waals surface area contributed by atoms with E-state index in [1.807, 2.05) is 13.0 Å². The number of rotatable bonds is 3. The van der Waals surface area contributed by atoms with E-state index in [0.717, 1.165) is 5.56 Å². The second-order valence-corrected chi connectivity index (χ2v) is 6.44. The average molecular weight is 292 g/mol. The van der Waals surface area contributed by atoms with Gasteiger partial charge in [0.25, 0.3) is 0 Å². The van der Waals surface area contributed by atoms with Crippen LogP contribution in [-0.2, 0) is 9.84 Å². The molecule has 0 aliphatic heterocycles. The summed E-state index contributed by atoms with van der Waals surface area (Å²) in [6.45, 7) is 2.55. The Bertz CT molecular complexity index is 456. The summed E-state index contributed by atoms with van der Waals surface area (Å²) in [5, 5.41) is 0. The molecule has 5 heteroatoms. The van der Waals surface area contributed by atoms with Gasteiger partial charge in [-0.15, -0.1) is 0 Å². The van der Waals surface area contributed by atoms with E-state index in [9.17, 15) is 8.42 Å². The molecule has 0 aliphatic carbocycles. The summed E-state index contributed by atoms with van der Waals surface area (Å²) in [7, 11) is -3.16. The largest absolute Gasteiger partial charge is 0.330 e. The molecule has 1 aromatic rings. The maximum absolute atomic E-state index is 11.3. The van der Waals surface area contributed by atoms with Gasteiger partial charge in [0, 0.05) is 10.7 Å². The average Bonchev–Trinajstić information content (AvgIpc) is 2.14. The Morgan fingerprint density at radius 3 is 2.47 bits per heavy atom. The second kappa shape index (κ2) is 4.63. The number of benzene rings is 1. The summed E-state index contributed by atoms with van der Waals surface area (Å²) in [5.74, 6) is 0.231. The highest BCUT2D eigenvalue weighted by Gasteiger charge is 2.13. The lowest BCUT2D eigenvalue weighted by molar-refractivity contribution is 0.601. The first-order valence-electron chi connectivity index (χ1n) is 4.56. The van der Waals surface area contributed by atoms with Gasteiger partial charge in [-0.25, -0.2) is 8.42 Å². The van der Waals surface area contributed by atoms with Gasteiger partial charge in [0.05, 0.1) is 4.90 Å². The van der Waals surface area contributed by atoms with E-state index in [1.165, 1.54) is 6.26 Å². The molecule has 1 rings (SSSR count). The third-order valence-electron chi connectivity index (χ3n) is 2.28. The van der Waals surface area contributed by atoms with Crippen LogP contribution in [0.2, 0.25) is 0 Å². The van der Waals surface area contributed by atoms with Crippen molar-refractivity contribution in [2.45, 2.75) is 17.7 Å². The topological polar surface area (TPSA) is 60.2 Å². The first kappa shape index (κ1) is 12.7. The van der Waals surface area contributed by atoms with Crippen molar-refractivity contribution < 1.29 is 8.42 Å². The van der Waals surface area contributed by atoms with Crippen LogP contribution in [-0.4, -0.2) is 21.2 Å². The van der Waals surface area contributed by atoms with Crippen molar-refractivity contribution in [3.05, 3.63) is 28.2 Å². The lowest BCUT2D eigenvalue weighted by Crippen LogP contribution is -2.09. The van der Waals surface area contributed by atoms with E-state index < -0.39 is 9.84 Å². The molecule has 0 spiro atoms. The number of hydrogen-bond acceptors (Lipinski definition) is 3. The highest BCUT2D eigenvalue weighted by atomic mass is 79.9. The summed E-state index contributed by atoms with van der Waals surface area (Å²) in [5.41, 5.74) is 6.58. The van der Waals surface area contributed by atoms with Crippen molar-refractivity contribution in [2.24, 2.45) is 5.73 Å². The van der Waals surface area contributed by atoms with Crippen molar-refractivity contribution >= 4 is 25.8 Å². The Hall–Kier alpha value is -0.390. The van der Waals surface area contributed by atoms with Crippen LogP contribution < -0.4 is 5.73 Å². The zero-order valence-electron chi connectivity index (χ0n) is 8.70. The smallest absolute Gasteiger partial charge is 0.176 e. The van der Waals surface area contributed by atoms with Crippen LogP contribution in [0.5, 0.6) is 0 Å². The van der Waals surface area contributed by atoms with Crippen molar-refractivity contribution in [3.8, 4) is 0 Å². The van der Waals surface area contributed by atoms with Crippen molar-refractivity contribution in [1.29, 1.82) is 0 Å². The quantitative estimate of drug-likeness (QED) is 0.925. The Labute approximate surface area is 98.7 Å². The maximum Gasteiger partial charge on any atom is 0.176 e. The standard InChI is InChI=1S/C10H14BrNO2S/c1-7(6-12)8-3-4-10(9(11)5-8)15(2,13)14/h3-5,7H,6,12H2,1-2H3. The summed E-state index contributed by atoms with van der Waals surface area (Å²) in [4.78, 5) is 0.315. The van der Waals surface area contributed by atoms with E-state index in [1.54, 1.807) is 12.1 Å². The zero-order chi connectivity index (χ0) is 11.6. The van der Waals surface area contributed by atoms with Crippen LogP contribution in [0.1, 0.15) is 18.4 Å². The van der Waals surface area contributed by atoms with E-state index in [0.29, 0.717) is 15.9 Å². The van der Waals surface area contributed by atoms with Crippen molar-refractivity contribution in [1.82, 2.24) is 0 Å². The van der Waals surface area contributed by atoms with E-state index in [4.69, 9.17) is 5.73 Å². The first-order valence-corrected chi connectivity index (χ1v) is 7.24. The molecule has 0 fully saturated rings. The second-order valence-electron chi connectivity index (χ2n) is 3.60. The fraction of sp³-hybridized carbons (Fsp3) is 0.400. The number of nitrogens with two attached hydrogens (primary N) is 1. The highest BCUT2D eigenvalue weighted by molar-refractivity contribution is 9.10. The predicted molar refractivity (Wildman–Crippen MR) is 64.7 cm³/mol. The fourth-order valence-electron chi connectivity index (χ4n) is 1.26. The number of hydrogen-bond donors (Lipinski definition) is 1. The molecule has 0 amide bonds. The zero-order valence-corrected chi connectivity index (χ0v) is 11.1. The molecular weight excluding hydrogens is 278 g/mol. The molecule has 0 radical (unpaired) electrons. The summed E-state index contributed by atoms with van der Waals surface area (Å²) in [6.07, 6.45) is 1.19. The van der Waals surface area contributed by atoms with Gasteiger partial charge >= 0.3 is 0 Å². The molecule has 0 saturated carbocycles. The van der Waals surface area contributed by atoms with Gasteiger partial charge in [-0.2, -0.15) is 0 Å². The molecule has 1 aromatic carbocycles. The molecule has 1 unspecified atom stereocenters. The highest BCUT2D eigenvalue weighted by Crippen LogP contribution is 2.26. The van der Waals surface area contributed by atoms with Gasteiger partial charge in [-0.3, -0.25) is 0 Å². The van der Waals surface area contributed by atoms with Crippen molar-refractivity contribution in [2.75, 3.05) is 12.8 Å². The van der Waals surface area contributed by atoms with E-state index in [-0.39, 0.29) is 5.92 Å². The molecule has 2 N–H and O–H groups in total. The molecule has 1 atom stereocenters. The predicted octanol–water partition coefficient (Wildman–Crippen LogP) is 1.91. The van der Waals surface area contributed by atoms with Crippen LogP contribution >= 0.6 is 15.9 Å². The molecular formula is C10H14BrNO2S. The molecule has 84 valence electrons. The van der Waals surface area contributed by atoms with Crippen molar-refractivity contribution in [3.63, 3.8) is 0 Å². The van der Waals surface area contributed by atoms with Crippen LogP contribution in [0.15, 0.2) is 27.6 Å². The molecule has 0 heterocycles. The van der Waals surface area contributed by atoms with Crippen LogP contribution in [0, 0.1) is 0 Å². The van der Waals surface area contributed by atoms with Gasteiger partial charge in [0.2, 0.25) is 0 Å². The van der Waals surface area contributed by atoms with Gasteiger partial charge in [-0.1, -0.05) is 13.0 Å². The normalized spacial score (nSPS) is 13.9. The van der Waals surface area contributed by atoms with Gasteiger partial charge in [0.1, 0.15) is 0 Å². The molecule has 3 nitrogen and oxygen atoms in total. The Kier molecular flexibility index (Phi) is 3.92. The monoisotopic (exact) mass is 291 g/mol. The lowest BCUT2D eigenvalue weighted by atomic mass is 10.0.